The lowest BCUT2D eigenvalue weighted by molar-refractivity contribution is 0.105. The molecule has 0 spiro atoms. The monoisotopic (exact) mass is 236 g/mol. The van der Waals surface area contributed by atoms with Crippen molar-refractivity contribution in [3.8, 4) is 0 Å². The predicted octanol–water partition coefficient (Wildman–Crippen LogP) is 1.65. The summed E-state index contributed by atoms with van der Waals surface area (Å²) in [6.07, 6.45) is 3.94. The molecule has 1 saturated heterocycles. The van der Waals surface area contributed by atoms with Gasteiger partial charge in [0.15, 0.2) is 0 Å². The molecule has 1 aromatic heterocycles. The van der Waals surface area contributed by atoms with Gasteiger partial charge in [0.05, 0.1) is 12.0 Å². The standard InChI is InChI=1S/C13H24N4/c1-10(2)17-9-15-7-13(17)8-16-11(3)5-14-6-12(16)4/h7,9-12,14H,5-6,8H2,1-4H3. The predicted molar refractivity (Wildman–Crippen MR) is 69.9 cm³/mol. The maximum atomic E-state index is 4.28. The van der Waals surface area contributed by atoms with Crippen molar-refractivity contribution in [1.82, 2.24) is 19.8 Å². The van der Waals surface area contributed by atoms with Crippen LogP contribution in [0.3, 0.4) is 0 Å². The quantitative estimate of drug-likeness (QED) is 0.866. The molecule has 0 saturated carbocycles. The zero-order valence-electron chi connectivity index (χ0n) is 11.3. The zero-order valence-corrected chi connectivity index (χ0v) is 11.3. The lowest BCUT2D eigenvalue weighted by atomic mass is 10.1. The molecule has 1 fully saturated rings. The first kappa shape index (κ1) is 12.6. The highest BCUT2D eigenvalue weighted by Crippen LogP contribution is 2.16. The average Bonchev–Trinajstić information content (AvgIpc) is 2.72. The van der Waals surface area contributed by atoms with E-state index in [-0.39, 0.29) is 0 Å². The number of hydrogen-bond acceptors (Lipinski definition) is 3. The third-order valence-electron chi connectivity index (χ3n) is 3.66. The highest BCUT2D eigenvalue weighted by Gasteiger charge is 2.25. The largest absolute Gasteiger partial charge is 0.331 e. The molecule has 17 heavy (non-hydrogen) atoms. The summed E-state index contributed by atoms with van der Waals surface area (Å²) in [5.74, 6) is 0. The van der Waals surface area contributed by atoms with Gasteiger partial charge in [0.1, 0.15) is 0 Å². The van der Waals surface area contributed by atoms with Gasteiger partial charge >= 0.3 is 0 Å². The first-order chi connectivity index (χ1) is 8.09. The van der Waals surface area contributed by atoms with Crippen molar-refractivity contribution in [3.05, 3.63) is 18.2 Å². The van der Waals surface area contributed by atoms with Gasteiger partial charge in [-0.2, -0.15) is 0 Å². The first-order valence-corrected chi connectivity index (χ1v) is 6.56. The Hall–Kier alpha value is -0.870. The molecule has 0 bridgehead atoms. The summed E-state index contributed by atoms with van der Waals surface area (Å²) in [7, 11) is 0. The van der Waals surface area contributed by atoms with E-state index in [0.29, 0.717) is 18.1 Å². The zero-order chi connectivity index (χ0) is 12.4. The van der Waals surface area contributed by atoms with Crippen LogP contribution in [0.25, 0.3) is 0 Å². The van der Waals surface area contributed by atoms with Gasteiger partial charge < -0.3 is 9.88 Å². The van der Waals surface area contributed by atoms with E-state index >= 15 is 0 Å². The Morgan fingerprint density at radius 3 is 2.59 bits per heavy atom. The molecule has 0 aromatic carbocycles. The van der Waals surface area contributed by atoms with E-state index in [4.69, 9.17) is 0 Å². The van der Waals surface area contributed by atoms with Crippen LogP contribution >= 0.6 is 0 Å². The van der Waals surface area contributed by atoms with E-state index in [1.165, 1.54) is 5.69 Å². The average molecular weight is 236 g/mol. The van der Waals surface area contributed by atoms with Crippen molar-refractivity contribution in [3.63, 3.8) is 0 Å². The van der Waals surface area contributed by atoms with E-state index in [9.17, 15) is 0 Å². The summed E-state index contributed by atoms with van der Waals surface area (Å²) in [5.41, 5.74) is 1.32. The van der Waals surface area contributed by atoms with E-state index in [1.807, 2.05) is 12.5 Å². The molecule has 0 aliphatic carbocycles. The minimum atomic E-state index is 0.487. The highest BCUT2D eigenvalue weighted by molar-refractivity contribution is 5.01. The molecule has 0 amide bonds. The second kappa shape index (κ2) is 5.19. The van der Waals surface area contributed by atoms with Crippen LogP contribution in [0.4, 0.5) is 0 Å². The summed E-state index contributed by atoms with van der Waals surface area (Å²) >= 11 is 0. The Kier molecular flexibility index (Phi) is 3.84. The highest BCUT2D eigenvalue weighted by atomic mass is 15.3. The fraction of sp³-hybridized carbons (Fsp3) is 0.769. The smallest absolute Gasteiger partial charge is 0.0951 e. The van der Waals surface area contributed by atoms with Crippen LogP contribution in [-0.4, -0.2) is 39.6 Å². The summed E-state index contributed by atoms with van der Waals surface area (Å²) in [6, 6.07) is 1.67. The number of rotatable bonds is 3. The Labute approximate surface area is 104 Å². The number of hydrogen-bond donors (Lipinski definition) is 1. The summed E-state index contributed by atoms with van der Waals surface area (Å²) in [4.78, 5) is 6.84. The fourth-order valence-electron chi connectivity index (χ4n) is 2.59. The Morgan fingerprint density at radius 1 is 1.35 bits per heavy atom. The van der Waals surface area contributed by atoms with Gasteiger partial charge in [-0.05, 0) is 27.7 Å². The van der Waals surface area contributed by atoms with Gasteiger partial charge in [-0.3, -0.25) is 4.90 Å². The second-order valence-corrected chi connectivity index (χ2v) is 5.41. The lowest BCUT2D eigenvalue weighted by Gasteiger charge is -2.39. The van der Waals surface area contributed by atoms with Gasteiger partial charge in [-0.15, -0.1) is 0 Å². The van der Waals surface area contributed by atoms with E-state index in [0.717, 1.165) is 19.6 Å². The summed E-state index contributed by atoms with van der Waals surface area (Å²) < 4.78 is 2.27. The molecule has 4 nitrogen and oxygen atoms in total. The molecule has 2 heterocycles. The van der Waals surface area contributed by atoms with Gasteiger partial charge in [0, 0.05) is 44.0 Å². The van der Waals surface area contributed by atoms with Crippen LogP contribution in [0.5, 0.6) is 0 Å². The van der Waals surface area contributed by atoms with Crippen molar-refractivity contribution in [2.75, 3.05) is 13.1 Å². The van der Waals surface area contributed by atoms with Crippen LogP contribution < -0.4 is 5.32 Å². The normalized spacial score (nSPS) is 26.6. The molecular weight excluding hydrogens is 212 g/mol. The van der Waals surface area contributed by atoms with Crippen LogP contribution in [-0.2, 0) is 6.54 Å². The number of nitrogens with one attached hydrogen (secondary N) is 1. The van der Waals surface area contributed by atoms with E-state index in [1.54, 1.807) is 0 Å². The Balaban J connectivity index is 2.11. The van der Waals surface area contributed by atoms with Gasteiger partial charge in [-0.1, -0.05) is 0 Å². The molecule has 0 radical (unpaired) electrons. The van der Waals surface area contributed by atoms with Gasteiger partial charge in [-0.25, -0.2) is 4.98 Å². The van der Waals surface area contributed by atoms with Crippen LogP contribution in [0.1, 0.15) is 39.4 Å². The summed E-state index contributed by atoms with van der Waals surface area (Å²) in [5, 5.41) is 3.47. The van der Waals surface area contributed by atoms with E-state index < -0.39 is 0 Å². The first-order valence-electron chi connectivity index (χ1n) is 6.56. The molecule has 4 heteroatoms. The fourth-order valence-corrected chi connectivity index (χ4v) is 2.59. The number of nitrogens with zero attached hydrogens (tertiary/aromatic N) is 3. The van der Waals surface area contributed by atoms with Crippen molar-refractivity contribution in [1.29, 1.82) is 0 Å². The molecule has 1 aromatic rings. The Bertz CT molecular complexity index is 348. The van der Waals surface area contributed by atoms with Crippen LogP contribution in [0, 0.1) is 0 Å². The molecule has 1 aliphatic heterocycles. The minimum Gasteiger partial charge on any atom is -0.331 e. The minimum absolute atomic E-state index is 0.487. The number of aromatic nitrogens is 2. The van der Waals surface area contributed by atoms with Gasteiger partial charge in [0.2, 0.25) is 0 Å². The second-order valence-electron chi connectivity index (χ2n) is 5.41. The Morgan fingerprint density at radius 2 is 2.00 bits per heavy atom. The molecular formula is C13H24N4. The van der Waals surface area contributed by atoms with E-state index in [2.05, 4.69) is 47.5 Å². The third-order valence-corrected chi connectivity index (χ3v) is 3.66. The molecule has 96 valence electrons. The molecule has 2 atom stereocenters. The van der Waals surface area contributed by atoms with Gasteiger partial charge in [0.25, 0.3) is 0 Å². The molecule has 2 rings (SSSR count). The SMILES string of the molecule is CC1CNCC(C)N1Cc1cncn1C(C)C. The number of imidazole rings is 1. The summed E-state index contributed by atoms with van der Waals surface area (Å²) in [6.45, 7) is 12.2. The van der Waals surface area contributed by atoms with Crippen molar-refractivity contribution < 1.29 is 0 Å². The lowest BCUT2D eigenvalue weighted by Crippen LogP contribution is -2.54. The number of piperazine rings is 1. The van der Waals surface area contributed by atoms with Crippen molar-refractivity contribution in [2.45, 2.75) is 52.4 Å². The topological polar surface area (TPSA) is 33.1 Å². The van der Waals surface area contributed by atoms with Crippen LogP contribution in [0.15, 0.2) is 12.5 Å². The maximum Gasteiger partial charge on any atom is 0.0951 e. The maximum absolute atomic E-state index is 4.28. The third kappa shape index (κ3) is 2.69. The molecule has 2 unspecified atom stereocenters. The molecule has 1 aliphatic rings. The van der Waals surface area contributed by atoms with Crippen molar-refractivity contribution in [2.24, 2.45) is 0 Å². The van der Waals surface area contributed by atoms with Crippen molar-refractivity contribution >= 4 is 0 Å². The molecule has 1 N–H and O–H groups in total. The van der Waals surface area contributed by atoms with Crippen LogP contribution in [0.2, 0.25) is 0 Å².